The summed E-state index contributed by atoms with van der Waals surface area (Å²) in [5, 5.41) is 0. The van der Waals surface area contributed by atoms with E-state index in [1.165, 1.54) is 77.0 Å². The first-order chi connectivity index (χ1) is 29.9. The quantitative estimate of drug-likeness (QED) is 0.0418. The Balaban J connectivity index is 1.14. The molecule has 0 spiro atoms. The third-order valence-electron chi connectivity index (χ3n) is 16.9. The third kappa shape index (κ3) is 15.1. The molecule has 64 heavy (non-hydrogen) atoms. The van der Waals surface area contributed by atoms with Crippen LogP contribution in [0.3, 0.4) is 0 Å². The van der Waals surface area contributed by atoms with Crippen molar-refractivity contribution in [1.82, 2.24) is 0 Å². The minimum absolute atomic E-state index is 0.00538. The van der Waals surface area contributed by atoms with E-state index < -0.39 is 25.0 Å². The lowest BCUT2D eigenvalue weighted by Gasteiger charge is -2.58. The van der Waals surface area contributed by atoms with Crippen molar-refractivity contribution in [3.63, 3.8) is 0 Å². The Bertz CT molecular complexity index is 1550. The van der Waals surface area contributed by atoms with Gasteiger partial charge in [0.05, 0.1) is 18.3 Å². The molecule has 0 heterocycles. The molecule has 0 N–H and O–H groups in total. The van der Waals surface area contributed by atoms with Gasteiger partial charge in [-0.1, -0.05) is 116 Å². The van der Waals surface area contributed by atoms with E-state index in [0.717, 1.165) is 80.5 Å². The van der Waals surface area contributed by atoms with Crippen molar-refractivity contribution >= 4 is 30.9 Å². The van der Waals surface area contributed by atoms with E-state index in [2.05, 4.69) is 131 Å². The summed E-state index contributed by atoms with van der Waals surface area (Å²) in [4.78, 5) is 13.3. The molecule has 0 bridgehead atoms. The van der Waals surface area contributed by atoms with Crippen LogP contribution in [0.15, 0.2) is 36.0 Å². The second-order valence-corrected chi connectivity index (χ2v) is 39.3. The minimum atomic E-state index is -1.78. The SMILES string of the molecule is CCCCC[C@H](/C=C/[C@H]1[C@H](C/C=C\CCCC(=O)O[C@H]2CC[C@@]3(C)C(=CC[C@H]4[C@@H]5CC[C@H]([C@H](C)CCCC(C)C)[C@@]5(C)CC[C@@H]43)C2)[C@@H](O[Si](C)(C)C)C[C@H]1O[Si](C)(C)C)O[Si](C)(C)C. The van der Waals surface area contributed by atoms with Crippen LogP contribution >= 0.6 is 0 Å². The molecule has 0 aliphatic heterocycles. The maximum absolute atomic E-state index is 13.3. The van der Waals surface area contributed by atoms with E-state index >= 15 is 0 Å². The number of hydrogen-bond donors (Lipinski definition) is 0. The number of unbranched alkanes of at least 4 members (excludes halogenated alkanes) is 3. The average molecular weight is 940 g/mol. The maximum atomic E-state index is 13.3. The number of carbonyl (C=O) groups excluding carboxylic acids is 1. The molecule has 0 amide bonds. The van der Waals surface area contributed by atoms with Gasteiger partial charge in [0, 0.05) is 18.8 Å². The van der Waals surface area contributed by atoms with Crippen LogP contribution in [-0.2, 0) is 22.8 Å². The first-order valence-electron chi connectivity index (χ1n) is 27.2. The molecule has 4 fully saturated rings. The van der Waals surface area contributed by atoms with Crippen LogP contribution in [0, 0.1) is 58.2 Å². The Morgan fingerprint density at radius 1 is 0.797 bits per heavy atom. The van der Waals surface area contributed by atoms with Gasteiger partial charge in [0.2, 0.25) is 0 Å². The van der Waals surface area contributed by atoms with Crippen LogP contribution < -0.4 is 0 Å². The van der Waals surface area contributed by atoms with Crippen molar-refractivity contribution in [2.24, 2.45) is 58.2 Å². The number of allylic oxidation sites excluding steroid dienone is 3. The highest BCUT2D eigenvalue weighted by Crippen LogP contribution is 2.67. The van der Waals surface area contributed by atoms with Crippen molar-refractivity contribution in [3.05, 3.63) is 36.0 Å². The van der Waals surface area contributed by atoms with Crippen LogP contribution in [0.25, 0.3) is 0 Å². The molecule has 0 unspecified atom stereocenters. The summed E-state index contributed by atoms with van der Waals surface area (Å²) < 4.78 is 26.9. The van der Waals surface area contributed by atoms with E-state index in [4.69, 9.17) is 18.0 Å². The van der Waals surface area contributed by atoms with Gasteiger partial charge in [-0.3, -0.25) is 4.79 Å². The molecule has 5 nitrogen and oxygen atoms in total. The van der Waals surface area contributed by atoms with Gasteiger partial charge in [-0.25, -0.2) is 0 Å². The third-order valence-corrected chi connectivity index (χ3v) is 19.9. The lowest BCUT2D eigenvalue weighted by atomic mass is 9.47. The van der Waals surface area contributed by atoms with Gasteiger partial charge in [-0.2, -0.15) is 0 Å². The lowest BCUT2D eigenvalue weighted by molar-refractivity contribution is -0.151. The van der Waals surface area contributed by atoms with E-state index in [9.17, 15) is 4.79 Å². The molecule has 5 rings (SSSR count). The number of fused-ring (bicyclic) bond motifs is 5. The van der Waals surface area contributed by atoms with Crippen LogP contribution in [0.2, 0.25) is 58.9 Å². The van der Waals surface area contributed by atoms with E-state index in [1.807, 2.05) is 0 Å². The van der Waals surface area contributed by atoms with Crippen molar-refractivity contribution < 1.29 is 22.8 Å². The van der Waals surface area contributed by atoms with Crippen molar-refractivity contribution in [2.75, 3.05) is 0 Å². The van der Waals surface area contributed by atoms with Crippen LogP contribution in [-0.4, -0.2) is 55.3 Å². The summed E-state index contributed by atoms with van der Waals surface area (Å²) in [6, 6.07) is 0. The van der Waals surface area contributed by atoms with Crippen molar-refractivity contribution in [3.8, 4) is 0 Å². The first-order valence-corrected chi connectivity index (χ1v) is 37.4. The van der Waals surface area contributed by atoms with Crippen LogP contribution in [0.1, 0.15) is 170 Å². The zero-order chi connectivity index (χ0) is 47.1. The number of ether oxygens (including phenoxy) is 1. The standard InChI is InChI=1S/C56H102O5Si3/c1-16-17-20-26-44(59-62(7,8)9)30-32-47-46(52(60-63(10,11)12)40-53(47)61-64(13,14)15)27-21-18-19-22-28-54(57)58-45-35-37-55(5)43(39-45)29-31-48-50-34-33-49(42(4)25-23-24-41(2)3)56(50,6)38-36-51(48)55/h18,21,29-30,32,41-42,44-53H,16-17,19-20,22-28,31,33-40H2,1-15H3/b21-18-,32-30+/t42-,44-,45+,46+,47+,48+,49-,50+,51+,52+,53-,55+,56-/m1/s1. The largest absolute Gasteiger partial charge is 0.462 e. The second-order valence-electron chi connectivity index (χ2n) is 25.9. The van der Waals surface area contributed by atoms with Crippen LogP contribution in [0.4, 0.5) is 0 Å². The van der Waals surface area contributed by atoms with Crippen molar-refractivity contribution in [2.45, 2.75) is 253 Å². The highest BCUT2D eigenvalue weighted by atomic mass is 28.4. The summed E-state index contributed by atoms with van der Waals surface area (Å²) in [5.74, 6) is 5.74. The van der Waals surface area contributed by atoms with E-state index in [0.29, 0.717) is 23.7 Å². The fraction of sp³-hybridized carbons (Fsp3) is 0.875. The molecular weight excluding hydrogens is 837 g/mol. The van der Waals surface area contributed by atoms with Gasteiger partial charge in [-0.05, 0) is 188 Å². The van der Waals surface area contributed by atoms with Gasteiger partial charge in [0.25, 0.3) is 0 Å². The first kappa shape index (κ1) is 54.2. The monoisotopic (exact) mass is 939 g/mol. The molecule has 0 aromatic rings. The van der Waals surface area contributed by atoms with Crippen molar-refractivity contribution in [1.29, 1.82) is 0 Å². The average Bonchev–Trinajstić information content (AvgIpc) is 3.68. The smallest absolute Gasteiger partial charge is 0.306 e. The van der Waals surface area contributed by atoms with E-state index in [-0.39, 0.29) is 35.8 Å². The molecule has 5 aliphatic carbocycles. The zero-order valence-corrected chi connectivity index (χ0v) is 47.5. The molecule has 0 saturated heterocycles. The molecule has 0 aromatic carbocycles. The van der Waals surface area contributed by atoms with Crippen LogP contribution in [0.5, 0.6) is 0 Å². The highest BCUT2D eigenvalue weighted by Gasteiger charge is 2.59. The predicted octanol–water partition coefficient (Wildman–Crippen LogP) is 16.5. The Morgan fingerprint density at radius 2 is 1.52 bits per heavy atom. The molecule has 0 aromatic heterocycles. The Labute approximate surface area is 399 Å². The van der Waals surface area contributed by atoms with Gasteiger partial charge in [0.15, 0.2) is 25.0 Å². The second kappa shape index (κ2) is 23.2. The molecule has 5 aliphatic rings. The molecule has 8 heteroatoms. The maximum Gasteiger partial charge on any atom is 0.306 e. The van der Waals surface area contributed by atoms with E-state index in [1.54, 1.807) is 5.57 Å². The predicted molar refractivity (Wildman–Crippen MR) is 280 cm³/mol. The summed E-state index contributed by atoms with van der Waals surface area (Å²) >= 11 is 0. The lowest BCUT2D eigenvalue weighted by Crippen LogP contribution is -2.51. The normalized spacial score (nSPS) is 34.5. The molecule has 0 radical (unpaired) electrons. The molecule has 4 saturated carbocycles. The Kier molecular flexibility index (Phi) is 19.6. The summed E-state index contributed by atoms with van der Waals surface area (Å²) in [6.07, 6.45) is 36.0. The number of hydrogen-bond acceptors (Lipinski definition) is 5. The number of esters is 1. The Hall–Kier alpha value is -0.779. The Morgan fingerprint density at radius 3 is 2.19 bits per heavy atom. The fourth-order valence-electron chi connectivity index (χ4n) is 14.1. The number of rotatable bonds is 24. The summed E-state index contributed by atoms with van der Waals surface area (Å²) in [7, 11) is -5.27. The molecule has 13 atom stereocenters. The van der Waals surface area contributed by atoms with Gasteiger partial charge in [-0.15, -0.1) is 0 Å². The summed E-state index contributed by atoms with van der Waals surface area (Å²) in [6.45, 7) is 35.8. The zero-order valence-electron chi connectivity index (χ0n) is 44.5. The van der Waals surface area contributed by atoms with Gasteiger partial charge >= 0.3 is 5.97 Å². The van der Waals surface area contributed by atoms with Gasteiger partial charge in [0.1, 0.15) is 6.10 Å². The fourth-order valence-corrected chi connectivity index (χ4v) is 17.5. The molecular formula is C56H102O5Si3. The highest BCUT2D eigenvalue weighted by molar-refractivity contribution is 6.70. The minimum Gasteiger partial charge on any atom is -0.462 e. The molecule has 368 valence electrons. The number of carbonyl (C=O) groups is 1. The topological polar surface area (TPSA) is 54.0 Å². The summed E-state index contributed by atoms with van der Waals surface area (Å²) in [5.41, 5.74) is 2.42. The van der Waals surface area contributed by atoms with Gasteiger partial charge < -0.3 is 18.0 Å².